The zero-order valence-corrected chi connectivity index (χ0v) is 26.3. The van der Waals surface area contributed by atoms with Gasteiger partial charge in [0.1, 0.15) is 6.61 Å². The molecule has 34 heavy (non-hydrogen) atoms. The number of terminal acetylenes is 2. The van der Waals surface area contributed by atoms with Crippen molar-refractivity contribution in [2.45, 2.75) is 55.4 Å². The van der Waals surface area contributed by atoms with Crippen molar-refractivity contribution < 1.29 is 19.7 Å². The molecule has 0 aromatic heterocycles. The summed E-state index contributed by atoms with van der Waals surface area (Å²) in [5.74, 6) is 6.85. The molecule has 0 rings (SSSR count). The van der Waals surface area contributed by atoms with Gasteiger partial charge in [-0.3, -0.25) is 0 Å². The minimum absolute atomic E-state index is 0.306. The molecule has 0 fully saturated rings. The monoisotopic (exact) mass is 612 g/mol. The molecule has 0 bridgehead atoms. The third-order valence-corrected chi connectivity index (χ3v) is 3.02. The number of aliphatic hydroxyl groups excluding tert-OH is 2. The number of halogens is 2. The molecule has 0 unspecified atom stereocenters. The van der Waals surface area contributed by atoms with E-state index in [4.69, 9.17) is 32.5 Å². The van der Waals surface area contributed by atoms with Crippen LogP contribution < -0.4 is 0 Å². The topological polar surface area (TPSA) is 58.9 Å². The van der Waals surface area contributed by atoms with Crippen molar-refractivity contribution in [3.8, 4) is 24.7 Å². The number of alkyl halides is 2. The normalized spacial score (nSPS) is 8.65. The van der Waals surface area contributed by atoms with Crippen molar-refractivity contribution in [2.75, 3.05) is 50.3 Å². The first-order valence-electron chi connectivity index (χ1n) is 11.5. The number of hydrogen-bond acceptors (Lipinski definition) is 4. The van der Waals surface area contributed by atoms with Crippen LogP contribution in [0.4, 0.5) is 0 Å². The Kier molecular flexibility index (Phi) is 68.0. The molecule has 4 nitrogen and oxygen atoms in total. The molecule has 0 amide bonds. The van der Waals surface area contributed by atoms with E-state index in [1.54, 1.807) is 12.2 Å². The fourth-order valence-electron chi connectivity index (χ4n) is 0.741. The lowest BCUT2D eigenvalue weighted by Gasteiger charge is -2.02. The standard InChI is InChI=1S/C7H14O.C7H12O.2C4H10O.C3H5Br.C3H3Br/c2*1-4-5-8-6-7(2)3;2*1-4(2)3-5;2*1-2-3-4/h4,7H,1,5-6H2,2-3H3;1,7H,5-6H2,2-3H3;2*4-5H,3H2,1-2H3;2H,1,3H2;1H,3H2. The molecule has 0 heterocycles. The number of rotatable bonds is 10. The van der Waals surface area contributed by atoms with E-state index in [9.17, 15) is 0 Å². The Hall–Kier alpha value is -0.600. The van der Waals surface area contributed by atoms with Gasteiger partial charge in [-0.2, -0.15) is 0 Å². The van der Waals surface area contributed by atoms with Crippen LogP contribution in [-0.2, 0) is 9.47 Å². The van der Waals surface area contributed by atoms with Crippen LogP contribution >= 0.6 is 31.9 Å². The van der Waals surface area contributed by atoms with Gasteiger partial charge in [-0.15, -0.1) is 26.0 Å². The first-order valence-corrected chi connectivity index (χ1v) is 13.7. The minimum atomic E-state index is 0.306. The smallest absolute Gasteiger partial charge is 0.107 e. The van der Waals surface area contributed by atoms with Gasteiger partial charge in [-0.1, -0.05) is 111 Å². The molecule has 0 atom stereocenters. The molecule has 0 aromatic carbocycles. The van der Waals surface area contributed by atoms with Crippen LogP contribution in [0, 0.1) is 48.4 Å². The highest BCUT2D eigenvalue weighted by molar-refractivity contribution is 9.09. The molecule has 2 N–H and O–H groups in total. The zero-order valence-electron chi connectivity index (χ0n) is 23.2. The van der Waals surface area contributed by atoms with E-state index in [2.05, 4.69) is 84.6 Å². The van der Waals surface area contributed by atoms with E-state index < -0.39 is 0 Å². The van der Waals surface area contributed by atoms with Gasteiger partial charge in [0.15, 0.2) is 0 Å². The summed E-state index contributed by atoms with van der Waals surface area (Å²) in [6.45, 7) is 26.6. The highest BCUT2D eigenvalue weighted by atomic mass is 79.9. The maximum atomic E-state index is 8.14. The third-order valence-electron chi connectivity index (χ3n) is 2.24. The summed E-state index contributed by atoms with van der Waals surface area (Å²) < 4.78 is 10.1. The number of aliphatic hydroxyl groups is 2. The van der Waals surface area contributed by atoms with Crippen molar-refractivity contribution in [1.29, 1.82) is 0 Å². The van der Waals surface area contributed by atoms with E-state index in [1.165, 1.54) is 0 Å². The van der Waals surface area contributed by atoms with Crippen molar-refractivity contribution >= 4 is 31.9 Å². The van der Waals surface area contributed by atoms with Crippen LogP contribution in [0.3, 0.4) is 0 Å². The summed E-state index contributed by atoms with van der Waals surface area (Å²) in [5.41, 5.74) is 0. The summed E-state index contributed by atoms with van der Waals surface area (Å²) in [7, 11) is 0. The largest absolute Gasteiger partial charge is 0.396 e. The summed E-state index contributed by atoms with van der Waals surface area (Å²) in [5, 5.41) is 17.8. The molecule has 0 aliphatic heterocycles. The molecule has 0 radical (unpaired) electrons. The molecule has 204 valence electrons. The van der Waals surface area contributed by atoms with Crippen LogP contribution in [0.1, 0.15) is 55.4 Å². The second-order valence-electron chi connectivity index (χ2n) is 8.27. The lowest BCUT2D eigenvalue weighted by atomic mass is 10.2. The molecule has 0 saturated heterocycles. The van der Waals surface area contributed by atoms with Gasteiger partial charge in [0.05, 0.1) is 18.5 Å². The molecular weight excluding hydrogens is 560 g/mol. The van der Waals surface area contributed by atoms with Crippen LogP contribution in [0.5, 0.6) is 0 Å². The Balaban J connectivity index is -0.0000000710. The number of hydrogen-bond donors (Lipinski definition) is 2. The molecule has 0 aromatic rings. The summed E-state index contributed by atoms with van der Waals surface area (Å²) in [6.07, 6.45) is 13.2. The number of allylic oxidation sites excluding steroid dienone is 1. The van der Waals surface area contributed by atoms with E-state index in [0.717, 1.165) is 18.5 Å². The second kappa shape index (κ2) is 49.5. The molecular formula is C28H54Br2O4. The summed E-state index contributed by atoms with van der Waals surface area (Å²) in [4.78, 5) is 0. The Morgan fingerprint density at radius 3 is 1.24 bits per heavy atom. The van der Waals surface area contributed by atoms with Crippen LogP contribution in [0.15, 0.2) is 25.3 Å². The SMILES string of the molecule is C#CCBr.C#CCOCC(C)C.C=CCBr.C=CCOCC(C)C.CC(C)CO.CC(C)CO. The Morgan fingerprint density at radius 2 is 1.06 bits per heavy atom. The fourth-order valence-corrected chi connectivity index (χ4v) is 0.741. The minimum Gasteiger partial charge on any atom is -0.396 e. The number of ether oxygens (including phenoxy) is 2. The van der Waals surface area contributed by atoms with Gasteiger partial charge in [0, 0.05) is 25.2 Å². The highest BCUT2D eigenvalue weighted by Crippen LogP contribution is 1.91. The van der Waals surface area contributed by atoms with Crippen LogP contribution in [0.2, 0.25) is 0 Å². The highest BCUT2D eigenvalue weighted by Gasteiger charge is 1.90. The van der Waals surface area contributed by atoms with Crippen LogP contribution in [0.25, 0.3) is 0 Å². The van der Waals surface area contributed by atoms with Gasteiger partial charge < -0.3 is 19.7 Å². The Bertz CT molecular complexity index is 415. The third kappa shape index (κ3) is 122. The quantitative estimate of drug-likeness (QED) is 0.121. The summed E-state index contributed by atoms with van der Waals surface area (Å²) >= 11 is 6.14. The van der Waals surface area contributed by atoms with Gasteiger partial charge in [0.2, 0.25) is 0 Å². The Morgan fingerprint density at radius 1 is 0.735 bits per heavy atom. The average molecular weight is 615 g/mol. The van der Waals surface area contributed by atoms with Gasteiger partial charge in [-0.25, -0.2) is 0 Å². The maximum absolute atomic E-state index is 8.14. The van der Waals surface area contributed by atoms with Crippen molar-refractivity contribution in [3.05, 3.63) is 25.3 Å². The van der Waals surface area contributed by atoms with Crippen molar-refractivity contribution in [2.24, 2.45) is 23.7 Å². The molecule has 0 saturated carbocycles. The van der Waals surface area contributed by atoms with Crippen LogP contribution in [-0.4, -0.2) is 60.5 Å². The molecule has 0 spiro atoms. The van der Waals surface area contributed by atoms with Crippen molar-refractivity contribution in [1.82, 2.24) is 0 Å². The van der Waals surface area contributed by atoms with Gasteiger partial charge >= 0.3 is 0 Å². The van der Waals surface area contributed by atoms with E-state index >= 15 is 0 Å². The average Bonchev–Trinajstić information content (AvgIpc) is 2.80. The molecule has 0 aliphatic rings. The predicted molar refractivity (Wildman–Crippen MR) is 161 cm³/mol. The van der Waals surface area contributed by atoms with Crippen molar-refractivity contribution in [3.63, 3.8) is 0 Å². The maximum Gasteiger partial charge on any atom is 0.107 e. The molecule has 0 aliphatic carbocycles. The first kappa shape index (κ1) is 46.7. The van der Waals surface area contributed by atoms with E-state index in [1.807, 2.05) is 27.7 Å². The van der Waals surface area contributed by atoms with E-state index in [0.29, 0.717) is 55.4 Å². The van der Waals surface area contributed by atoms with Gasteiger partial charge in [0.25, 0.3) is 0 Å². The lowest BCUT2D eigenvalue weighted by Crippen LogP contribution is -2.01. The Labute approximate surface area is 230 Å². The van der Waals surface area contributed by atoms with E-state index in [-0.39, 0.29) is 0 Å². The first-order chi connectivity index (χ1) is 15.9. The lowest BCUT2D eigenvalue weighted by molar-refractivity contribution is 0.135. The summed E-state index contributed by atoms with van der Waals surface area (Å²) in [6, 6.07) is 0. The predicted octanol–water partition coefficient (Wildman–Crippen LogP) is 6.99. The van der Waals surface area contributed by atoms with Gasteiger partial charge in [-0.05, 0) is 23.7 Å². The zero-order chi connectivity index (χ0) is 28.2. The second-order valence-corrected chi connectivity index (χ2v) is 9.47. The fraction of sp³-hybridized carbons (Fsp3) is 0.714. The molecule has 6 heteroatoms.